The summed E-state index contributed by atoms with van der Waals surface area (Å²) in [6, 6.07) is 3.71. The lowest BCUT2D eigenvalue weighted by Gasteiger charge is -2.37. The number of nitrogens with one attached hydrogen (secondary N) is 1. The average Bonchev–Trinajstić information content (AvgIpc) is 2.82. The number of pyridine rings is 1. The standard InChI is InChI=1S/C17H24N4O3/c1-13(22)20-7-8-24-16-12-21(6-4-15(16)11-20)17(23)19-10-14-3-2-5-18-9-14/h2-3,5,9,15-16H,4,6-8,10-12H2,1H3,(H,19,23)/t15-,16-/m1/s1. The van der Waals surface area contributed by atoms with Gasteiger partial charge >= 0.3 is 6.03 Å². The lowest BCUT2D eigenvalue weighted by Crippen LogP contribution is -2.52. The maximum Gasteiger partial charge on any atom is 0.317 e. The fourth-order valence-electron chi connectivity index (χ4n) is 3.31. The summed E-state index contributed by atoms with van der Waals surface area (Å²) in [5, 5.41) is 2.93. The smallest absolute Gasteiger partial charge is 0.317 e. The molecular formula is C17H24N4O3. The number of hydrogen-bond donors (Lipinski definition) is 1. The van der Waals surface area contributed by atoms with Crippen LogP contribution in [0.15, 0.2) is 24.5 Å². The highest BCUT2D eigenvalue weighted by atomic mass is 16.5. The highest BCUT2D eigenvalue weighted by Crippen LogP contribution is 2.24. The summed E-state index contributed by atoms with van der Waals surface area (Å²) in [5.74, 6) is 0.398. The van der Waals surface area contributed by atoms with Crippen LogP contribution in [0.2, 0.25) is 0 Å². The zero-order valence-electron chi connectivity index (χ0n) is 14.0. The Kier molecular flexibility index (Phi) is 5.30. The van der Waals surface area contributed by atoms with E-state index in [4.69, 9.17) is 4.74 Å². The molecule has 0 aliphatic carbocycles. The number of fused-ring (bicyclic) bond motifs is 1. The fraction of sp³-hybridized carbons (Fsp3) is 0.588. The molecule has 2 aliphatic heterocycles. The van der Waals surface area contributed by atoms with Crippen molar-refractivity contribution >= 4 is 11.9 Å². The number of carbonyl (C=O) groups is 2. The molecule has 1 aromatic heterocycles. The van der Waals surface area contributed by atoms with Crippen LogP contribution in [-0.2, 0) is 16.1 Å². The summed E-state index contributed by atoms with van der Waals surface area (Å²) in [5.41, 5.74) is 0.976. The molecule has 0 saturated carbocycles. The highest BCUT2D eigenvalue weighted by molar-refractivity contribution is 5.74. The van der Waals surface area contributed by atoms with Crippen LogP contribution in [0.5, 0.6) is 0 Å². The van der Waals surface area contributed by atoms with E-state index in [1.807, 2.05) is 17.0 Å². The summed E-state index contributed by atoms with van der Waals surface area (Å²) >= 11 is 0. The van der Waals surface area contributed by atoms with E-state index < -0.39 is 0 Å². The summed E-state index contributed by atoms with van der Waals surface area (Å²) < 4.78 is 5.90. The van der Waals surface area contributed by atoms with E-state index in [-0.39, 0.29) is 18.0 Å². The van der Waals surface area contributed by atoms with Crippen molar-refractivity contribution in [2.75, 3.05) is 32.8 Å². The Balaban J connectivity index is 1.52. The normalized spacial score (nSPS) is 24.0. The molecule has 2 aliphatic rings. The first-order valence-electron chi connectivity index (χ1n) is 8.42. The van der Waals surface area contributed by atoms with E-state index in [0.717, 1.165) is 18.5 Å². The van der Waals surface area contributed by atoms with Crippen molar-refractivity contribution < 1.29 is 14.3 Å². The fourth-order valence-corrected chi connectivity index (χ4v) is 3.31. The molecule has 2 saturated heterocycles. The van der Waals surface area contributed by atoms with Crippen LogP contribution >= 0.6 is 0 Å². The molecule has 0 spiro atoms. The molecule has 1 N–H and O–H groups in total. The molecule has 3 amide bonds. The number of rotatable bonds is 2. The Bertz CT molecular complexity index is 580. The number of carbonyl (C=O) groups excluding carboxylic acids is 2. The van der Waals surface area contributed by atoms with E-state index in [1.165, 1.54) is 0 Å². The summed E-state index contributed by atoms with van der Waals surface area (Å²) in [7, 11) is 0. The second-order valence-electron chi connectivity index (χ2n) is 6.39. The Labute approximate surface area is 142 Å². The first-order chi connectivity index (χ1) is 11.6. The molecule has 0 bridgehead atoms. The molecule has 130 valence electrons. The van der Waals surface area contributed by atoms with Gasteiger partial charge < -0.3 is 19.9 Å². The molecule has 0 unspecified atom stereocenters. The van der Waals surface area contributed by atoms with E-state index in [2.05, 4.69) is 10.3 Å². The van der Waals surface area contributed by atoms with Gasteiger partial charge in [0.05, 0.1) is 12.7 Å². The molecule has 7 nitrogen and oxygen atoms in total. The minimum Gasteiger partial charge on any atom is -0.374 e. The van der Waals surface area contributed by atoms with Gasteiger partial charge in [-0.05, 0) is 18.1 Å². The molecule has 7 heteroatoms. The van der Waals surface area contributed by atoms with Gasteiger partial charge in [-0.2, -0.15) is 0 Å². The number of ether oxygens (including phenoxy) is 1. The van der Waals surface area contributed by atoms with Crippen LogP contribution in [0.4, 0.5) is 4.79 Å². The van der Waals surface area contributed by atoms with Gasteiger partial charge in [0.2, 0.25) is 5.91 Å². The Morgan fingerprint density at radius 3 is 2.96 bits per heavy atom. The van der Waals surface area contributed by atoms with Gasteiger partial charge in [0.25, 0.3) is 0 Å². The van der Waals surface area contributed by atoms with Gasteiger partial charge in [-0.1, -0.05) is 6.07 Å². The van der Waals surface area contributed by atoms with Crippen LogP contribution in [0.3, 0.4) is 0 Å². The van der Waals surface area contributed by atoms with Gasteiger partial charge in [-0.25, -0.2) is 4.79 Å². The van der Waals surface area contributed by atoms with E-state index in [9.17, 15) is 9.59 Å². The third-order valence-electron chi connectivity index (χ3n) is 4.74. The summed E-state index contributed by atoms with van der Waals surface area (Å²) in [6.07, 6.45) is 4.32. The van der Waals surface area contributed by atoms with E-state index in [1.54, 1.807) is 24.2 Å². The summed E-state index contributed by atoms with van der Waals surface area (Å²) in [4.78, 5) is 31.7. The van der Waals surface area contributed by atoms with Crippen molar-refractivity contribution in [1.82, 2.24) is 20.1 Å². The lowest BCUT2D eigenvalue weighted by atomic mass is 9.93. The van der Waals surface area contributed by atoms with Crippen molar-refractivity contribution in [1.29, 1.82) is 0 Å². The number of piperidine rings is 1. The van der Waals surface area contributed by atoms with Crippen LogP contribution in [0, 0.1) is 5.92 Å². The lowest BCUT2D eigenvalue weighted by molar-refractivity contribution is -0.129. The number of nitrogens with zero attached hydrogens (tertiary/aromatic N) is 3. The molecule has 0 aromatic carbocycles. The third kappa shape index (κ3) is 4.03. The molecule has 24 heavy (non-hydrogen) atoms. The van der Waals surface area contributed by atoms with Crippen molar-refractivity contribution in [2.45, 2.75) is 26.0 Å². The maximum absolute atomic E-state index is 12.4. The van der Waals surface area contributed by atoms with Crippen LogP contribution in [0.1, 0.15) is 18.9 Å². The van der Waals surface area contributed by atoms with Crippen LogP contribution in [-0.4, -0.2) is 65.6 Å². The number of urea groups is 1. The quantitative estimate of drug-likeness (QED) is 0.872. The largest absolute Gasteiger partial charge is 0.374 e. The zero-order chi connectivity index (χ0) is 16.9. The van der Waals surface area contributed by atoms with Gasteiger partial charge in [0.1, 0.15) is 0 Å². The van der Waals surface area contributed by atoms with Crippen LogP contribution < -0.4 is 5.32 Å². The van der Waals surface area contributed by atoms with E-state index in [0.29, 0.717) is 38.7 Å². The SMILES string of the molecule is CC(=O)N1CCO[C@@H]2CN(C(=O)NCc3cccnc3)CC[C@@H]2C1. The number of hydrogen-bond acceptors (Lipinski definition) is 4. The van der Waals surface area contributed by atoms with Crippen molar-refractivity contribution in [3.63, 3.8) is 0 Å². The number of likely N-dealkylation sites (tertiary alicyclic amines) is 1. The maximum atomic E-state index is 12.4. The second kappa shape index (κ2) is 7.61. The first kappa shape index (κ1) is 16.7. The monoisotopic (exact) mass is 332 g/mol. The number of amides is 3. The number of aromatic nitrogens is 1. The molecular weight excluding hydrogens is 308 g/mol. The zero-order valence-corrected chi connectivity index (χ0v) is 14.0. The summed E-state index contributed by atoms with van der Waals surface area (Å²) in [6.45, 7) is 5.23. The van der Waals surface area contributed by atoms with E-state index >= 15 is 0 Å². The topological polar surface area (TPSA) is 74.8 Å². The molecule has 2 atom stereocenters. The van der Waals surface area contributed by atoms with Gasteiger partial charge in [0.15, 0.2) is 0 Å². The van der Waals surface area contributed by atoms with Gasteiger partial charge in [-0.15, -0.1) is 0 Å². The highest BCUT2D eigenvalue weighted by Gasteiger charge is 2.35. The Morgan fingerprint density at radius 1 is 1.33 bits per heavy atom. The predicted molar refractivity (Wildman–Crippen MR) is 88.1 cm³/mol. The van der Waals surface area contributed by atoms with Crippen molar-refractivity contribution in [3.8, 4) is 0 Å². The molecule has 3 rings (SSSR count). The van der Waals surface area contributed by atoms with Gasteiger partial charge in [0, 0.05) is 58.0 Å². The van der Waals surface area contributed by atoms with Crippen LogP contribution in [0.25, 0.3) is 0 Å². The first-order valence-corrected chi connectivity index (χ1v) is 8.42. The predicted octanol–water partition coefficient (Wildman–Crippen LogP) is 0.860. The minimum absolute atomic E-state index is 0.00671. The molecule has 1 aromatic rings. The third-order valence-corrected chi connectivity index (χ3v) is 4.74. The van der Waals surface area contributed by atoms with Crippen molar-refractivity contribution in [3.05, 3.63) is 30.1 Å². The minimum atomic E-state index is -0.0754. The van der Waals surface area contributed by atoms with Gasteiger partial charge in [-0.3, -0.25) is 9.78 Å². The second-order valence-corrected chi connectivity index (χ2v) is 6.39. The molecule has 3 heterocycles. The average molecular weight is 332 g/mol. The Morgan fingerprint density at radius 2 is 2.21 bits per heavy atom. The molecule has 2 fully saturated rings. The van der Waals surface area contributed by atoms with Crippen molar-refractivity contribution in [2.24, 2.45) is 5.92 Å². The molecule has 0 radical (unpaired) electrons. The Hall–Kier alpha value is -2.15.